The van der Waals surface area contributed by atoms with E-state index < -0.39 is 17.0 Å². The van der Waals surface area contributed by atoms with Crippen LogP contribution < -0.4 is 9.84 Å². The summed E-state index contributed by atoms with van der Waals surface area (Å²) in [6.07, 6.45) is 1.10. The molecule has 0 N–H and O–H groups in total. The van der Waals surface area contributed by atoms with Crippen LogP contribution in [0, 0.1) is 10.1 Å². The summed E-state index contributed by atoms with van der Waals surface area (Å²) < 4.78 is 5.04. The third-order valence-corrected chi connectivity index (χ3v) is 1.91. The maximum absolute atomic E-state index is 10.4. The maximum Gasteiger partial charge on any atom is 0.235 e. The third kappa shape index (κ3) is 4.33. The number of carboxylic acids is 1. The SMILES string of the molecule is C[C@H](Oc1ccc(/C=C/[N+](=O)[O-])cc1)C(=O)[O-]. The highest BCUT2D eigenvalue weighted by molar-refractivity contribution is 5.69. The van der Waals surface area contributed by atoms with Gasteiger partial charge in [-0.15, -0.1) is 0 Å². The van der Waals surface area contributed by atoms with Crippen LogP contribution in [0.4, 0.5) is 0 Å². The normalized spacial score (nSPS) is 12.3. The van der Waals surface area contributed by atoms with Gasteiger partial charge >= 0.3 is 0 Å². The Kier molecular flexibility index (Phi) is 4.21. The zero-order valence-electron chi connectivity index (χ0n) is 9.03. The lowest BCUT2D eigenvalue weighted by Crippen LogP contribution is -2.37. The molecule has 6 heteroatoms. The molecule has 0 amide bonds. The quantitative estimate of drug-likeness (QED) is 0.546. The van der Waals surface area contributed by atoms with Gasteiger partial charge in [0, 0.05) is 6.08 Å². The molecule has 1 aromatic rings. The summed E-state index contributed by atoms with van der Waals surface area (Å²) in [5, 5.41) is 20.5. The highest BCUT2D eigenvalue weighted by Crippen LogP contribution is 2.14. The van der Waals surface area contributed by atoms with Gasteiger partial charge in [-0.3, -0.25) is 10.1 Å². The summed E-state index contributed by atoms with van der Waals surface area (Å²) in [6, 6.07) is 6.22. The van der Waals surface area contributed by atoms with Gasteiger partial charge in [-0.05, 0) is 24.6 Å². The summed E-state index contributed by atoms with van der Waals surface area (Å²) in [5.41, 5.74) is 0.621. The monoisotopic (exact) mass is 236 g/mol. The van der Waals surface area contributed by atoms with Crippen LogP contribution >= 0.6 is 0 Å². The second kappa shape index (κ2) is 5.64. The number of hydrogen-bond donors (Lipinski definition) is 0. The number of aliphatic carboxylic acids is 1. The molecule has 17 heavy (non-hydrogen) atoms. The van der Waals surface area contributed by atoms with Crippen LogP contribution in [0.25, 0.3) is 6.08 Å². The van der Waals surface area contributed by atoms with Crippen LogP contribution in [-0.2, 0) is 4.79 Å². The fraction of sp³-hybridized carbons (Fsp3) is 0.182. The van der Waals surface area contributed by atoms with E-state index in [1.54, 1.807) is 12.1 Å². The first-order chi connectivity index (χ1) is 7.99. The number of carboxylic acid groups (broad SMARTS) is 1. The zero-order chi connectivity index (χ0) is 12.8. The molecule has 0 aliphatic carbocycles. The minimum Gasteiger partial charge on any atom is -0.546 e. The number of nitrogens with zero attached hydrogens (tertiary/aromatic N) is 1. The number of nitro groups is 1. The van der Waals surface area contributed by atoms with E-state index >= 15 is 0 Å². The van der Waals surface area contributed by atoms with E-state index in [9.17, 15) is 20.0 Å². The first-order valence-electron chi connectivity index (χ1n) is 4.78. The molecular weight excluding hydrogens is 226 g/mol. The van der Waals surface area contributed by atoms with Crippen molar-refractivity contribution in [3.05, 3.63) is 46.1 Å². The molecule has 0 unspecified atom stereocenters. The first-order valence-corrected chi connectivity index (χ1v) is 4.78. The molecule has 0 spiro atoms. The summed E-state index contributed by atoms with van der Waals surface area (Å²) in [7, 11) is 0. The number of rotatable bonds is 5. The van der Waals surface area contributed by atoms with Gasteiger partial charge in [0.05, 0.1) is 10.9 Å². The molecule has 0 radical (unpaired) electrons. The highest BCUT2D eigenvalue weighted by atomic mass is 16.6. The van der Waals surface area contributed by atoms with Gasteiger partial charge in [0.2, 0.25) is 6.20 Å². The molecule has 0 aromatic heterocycles. The summed E-state index contributed by atoms with van der Waals surface area (Å²) >= 11 is 0. The van der Waals surface area contributed by atoms with Crippen molar-refractivity contribution < 1.29 is 19.6 Å². The molecule has 0 saturated heterocycles. The molecule has 0 fully saturated rings. The van der Waals surface area contributed by atoms with Gasteiger partial charge in [-0.25, -0.2) is 0 Å². The summed E-state index contributed by atoms with van der Waals surface area (Å²) in [6.45, 7) is 1.36. The molecule has 0 aliphatic heterocycles. The van der Waals surface area contributed by atoms with Crippen LogP contribution in [0.5, 0.6) is 5.75 Å². The first kappa shape index (κ1) is 12.7. The minimum absolute atomic E-state index is 0.361. The minimum atomic E-state index is -1.30. The second-order valence-corrected chi connectivity index (χ2v) is 3.25. The van der Waals surface area contributed by atoms with Crippen molar-refractivity contribution in [1.82, 2.24) is 0 Å². The van der Waals surface area contributed by atoms with Crippen LogP contribution in [0.2, 0.25) is 0 Å². The fourth-order valence-electron chi connectivity index (χ4n) is 1.06. The number of ether oxygens (including phenoxy) is 1. The van der Waals surface area contributed by atoms with Gasteiger partial charge in [0.15, 0.2) is 0 Å². The Hall–Kier alpha value is -2.37. The molecule has 90 valence electrons. The lowest BCUT2D eigenvalue weighted by atomic mass is 10.2. The molecule has 1 atom stereocenters. The highest BCUT2D eigenvalue weighted by Gasteiger charge is 2.03. The largest absolute Gasteiger partial charge is 0.546 e. The van der Waals surface area contributed by atoms with Crippen LogP contribution in [0.1, 0.15) is 12.5 Å². The lowest BCUT2D eigenvalue weighted by molar-refractivity contribution is -0.400. The molecule has 1 aromatic carbocycles. The number of carbonyl (C=O) groups is 1. The second-order valence-electron chi connectivity index (χ2n) is 3.25. The van der Waals surface area contributed by atoms with Crippen LogP contribution in [-0.4, -0.2) is 17.0 Å². The van der Waals surface area contributed by atoms with E-state index in [2.05, 4.69) is 0 Å². The van der Waals surface area contributed by atoms with Crippen molar-refractivity contribution >= 4 is 12.0 Å². The van der Waals surface area contributed by atoms with Crippen LogP contribution in [0.15, 0.2) is 30.5 Å². The van der Waals surface area contributed by atoms with E-state index in [1.807, 2.05) is 0 Å². The van der Waals surface area contributed by atoms with Crippen molar-refractivity contribution in [1.29, 1.82) is 0 Å². The maximum atomic E-state index is 10.4. The standard InChI is InChI=1S/C11H11NO5/c1-8(11(13)14)17-10-4-2-9(3-5-10)6-7-12(15)16/h2-8H,1H3,(H,13,14)/p-1/b7-6+/t8-/m0/s1. The van der Waals surface area contributed by atoms with Crippen molar-refractivity contribution in [2.24, 2.45) is 0 Å². The smallest absolute Gasteiger partial charge is 0.235 e. The molecule has 0 bridgehead atoms. The molecule has 6 nitrogen and oxygen atoms in total. The van der Waals surface area contributed by atoms with E-state index in [1.165, 1.54) is 25.1 Å². The molecule has 0 aliphatic rings. The Morgan fingerprint density at radius 2 is 2.00 bits per heavy atom. The summed E-state index contributed by atoms with van der Waals surface area (Å²) in [4.78, 5) is 19.9. The number of hydrogen-bond acceptors (Lipinski definition) is 5. The predicted molar refractivity (Wildman–Crippen MR) is 57.6 cm³/mol. The van der Waals surface area contributed by atoms with Gasteiger partial charge in [0.1, 0.15) is 11.9 Å². The van der Waals surface area contributed by atoms with Gasteiger partial charge in [0.25, 0.3) is 0 Å². The predicted octanol–water partition coefficient (Wildman–Crippen LogP) is 0.451. The Morgan fingerprint density at radius 1 is 1.41 bits per heavy atom. The van der Waals surface area contributed by atoms with Crippen molar-refractivity contribution in [3.63, 3.8) is 0 Å². The van der Waals surface area contributed by atoms with E-state index in [0.717, 1.165) is 6.20 Å². The molecule has 1 rings (SSSR count). The van der Waals surface area contributed by atoms with Gasteiger partial charge in [-0.1, -0.05) is 12.1 Å². The van der Waals surface area contributed by atoms with Crippen molar-refractivity contribution in [2.75, 3.05) is 0 Å². The average molecular weight is 236 g/mol. The van der Waals surface area contributed by atoms with Gasteiger partial charge in [-0.2, -0.15) is 0 Å². The molecule has 0 heterocycles. The number of benzene rings is 1. The molecular formula is C11H10NO5-. The fourth-order valence-corrected chi connectivity index (χ4v) is 1.06. The van der Waals surface area contributed by atoms with E-state index in [-0.39, 0.29) is 0 Å². The average Bonchev–Trinajstić information content (AvgIpc) is 2.28. The van der Waals surface area contributed by atoms with Crippen LogP contribution in [0.3, 0.4) is 0 Å². The Labute approximate surface area is 97.3 Å². The Balaban J connectivity index is 2.68. The number of carbonyl (C=O) groups excluding carboxylic acids is 1. The molecule has 0 saturated carbocycles. The lowest BCUT2D eigenvalue weighted by Gasteiger charge is -2.15. The third-order valence-electron chi connectivity index (χ3n) is 1.91. The van der Waals surface area contributed by atoms with Crippen molar-refractivity contribution in [3.8, 4) is 5.75 Å². The summed E-state index contributed by atoms with van der Waals surface area (Å²) in [5.74, 6) is -0.942. The zero-order valence-corrected chi connectivity index (χ0v) is 9.03. The Bertz CT molecular complexity index is 438. The Morgan fingerprint density at radius 3 is 2.47 bits per heavy atom. The van der Waals surface area contributed by atoms with Crippen molar-refractivity contribution in [2.45, 2.75) is 13.0 Å². The topological polar surface area (TPSA) is 92.5 Å². The van der Waals surface area contributed by atoms with E-state index in [0.29, 0.717) is 11.3 Å². The van der Waals surface area contributed by atoms with E-state index in [4.69, 9.17) is 4.74 Å². The van der Waals surface area contributed by atoms with Gasteiger partial charge < -0.3 is 14.6 Å².